The van der Waals surface area contributed by atoms with E-state index in [0.29, 0.717) is 23.8 Å². The Hall–Kier alpha value is -2.75. The quantitative estimate of drug-likeness (QED) is 0.572. The summed E-state index contributed by atoms with van der Waals surface area (Å²) in [4.78, 5) is 17.1. The van der Waals surface area contributed by atoms with Gasteiger partial charge in [0.25, 0.3) is 5.56 Å². The molecule has 1 heterocycles. The van der Waals surface area contributed by atoms with E-state index < -0.39 is 41.8 Å². The molecule has 0 unspecified atom stereocenters. The lowest BCUT2D eigenvalue weighted by atomic mass is 9.77. The zero-order valence-corrected chi connectivity index (χ0v) is 17.3. The fourth-order valence-corrected chi connectivity index (χ4v) is 4.58. The molecule has 1 aliphatic carbocycles. The Bertz CT molecular complexity index is 1180. The molecule has 170 valence electrons. The normalized spacial score (nSPS) is 21.1. The van der Waals surface area contributed by atoms with Crippen LogP contribution in [0.25, 0.3) is 16.6 Å². The summed E-state index contributed by atoms with van der Waals surface area (Å²) in [5, 5.41) is 31.6. The molecule has 9 heteroatoms. The first kappa shape index (κ1) is 22.4. The number of halogens is 3. The molecule has 3 N–H and O–H groups in total. The van der Waals surface area contributed by atoms with Crippen molar-refractivity contribution in [3.63, 3.8) is 0 Å². The van der Waals surface area contributed by atoms with Gasteiger partial charge in [-0.25, -0.2) is 4.98 Å². The fourth-order valence-electron chi connectivity index (χ4n) is 4.58. The molecule has 2 aromatic carbocycles. The summed E-state index contributed by atoms with van der Waals surface area (Å²) < 4.78 is 41.8. The lowest BCUT2D eigenvalue weighted by Gasteiger charge is -2.36. The van der Waals surface area contributed by atoms with Gasteiger partial charge in [0, 0.05) is 5.92 Å². The zero-order chi connectivity index (χ0) is 23.2. The van der Waals surface area contributed by atoms with E-state index in [4.69, 9.17) is 0 Å². The van der Waals surface area contributed by atoms with E-state index in [1.165, 1.54) is 43.3 Å². The molecule has 1 aliphatic rings. The van der Waals surface area contributed by atoms with Gasteiger partial charge < -0.3 is 15.3 Å². The number of para-hydroxylation sites is 1. The fraction of sp³-hybridized carbons (Fsp3) is 0.391. The van der Waals surface area contributed by atoms with Crippen LogP contribution in [0, 0.1) is 12.8 Å². The van der Waals surface area contributed by atoms with Crippen molar-refractivity contribution >= 4 is 10.9 Å². The van der Waals surface area contributed by atoms with Gasteiger partial charge in [-0.05, 0) is 55.5 Å². The number of aromatic nitrogens is 2. The number of fused-ring (bicyclic) bond motifs is 1. The van der Waals surface area contributed by atoms with E-state index >= 15 is 0 Å². The smallest absolute Gasteiger partial charge is 0.393 e. The Morgan fingerprint density at radius 1 is 1.06 bits per heavy atom. The van der Waals surface area contributed by atoms with Crippen molar-refractivity contribution in [2.24, 2.45) is 5.92 Å². The molecular weight excluding hydrogens is 425 g/mol. The molecular formula is C23H23F3N2O4. The number of hydrogen-bond acceptors (Lipinski definition) is 5. The van der Waals surface area contributed by atoms with Gasteiger partial charge in [-0.3, -0.25) is 9.36 Å². The van der Waals surface area contributed by atoms with Crippen LogP contribution in [-0.4, -0.2) is 37.1 Å². The highest BCUT2D eigenvalue weighted by Gasteiger charge is 2.40. The summed E-state index contributed by atoms with van der Waals surface area (Å²) in [6, 6.07) is 10.1. The van der Waals surface area contributed by atoms with Crippen LogP contribution in [0.1, 0.15) is 42.3 Å². The lowest BCUT2D eigenvalue weighted by Crippen LogP contribution is -2.40. The number of aliphatic hydroxyl groups is 3. The van der Waals surface area contributed by atoms with E-state index in [1.807, 2.05) is 0 Å². The maximum atomic E-state index is 13.8. The molecule has 0 spiro atoms. The SMILES string of the molecule is Cc1c([C@H](O)C2[C@H](O)CCC[C@H]2O)ccc2nc(C(F)(F)F)n(-c3ccccc3)c(=O)c12. The van der Waals surface area contributed by atoms with Crippen molar-refractivity contribution < 1.29 is 28.5 Å². The molecule has 3 aromatic rings. The van der Waals surface area contributed by atoms with Crippen LogP contribution in [0.2, 0.25) is 0 Å². The van der Waals surface area contributed by atoms with E-state index in [1.54, 1.807) is 6.07 Å². The molecule has 3 atom stereocenters. The second kappa shape index (κ2) is 8.31. The average molecular weight is 448 g/mol. The van der Waals surface area contributed by atoms with Crippen LogP contribution in [0.3, 0.4) is 0 Å². The molecule has 0 radical (unpaired) electrons. The monoisotopic (exact) mass is 448 g/mol. The predicted molar refractivity (Wildman–Crippen MR) is 111 cm³/mol. The molecule has 4 rings (SSSR count). The van der Waals surface area contributed by atoms with Crippen molar-refractivity contribution in [2.75, 3.05) is 0 Å². The number of hydrogen-bond donors (Lipinski definition) is 3. The van der Waals surface area contributed by atoms with Gasteiger partial charge in [-0.1, -0.05) is 24.3 Å². The average Bonchev–Trinajstić information content (AvgIpc) is 2.73. The molecule has 1 saturated carbocycles. The van der Waals surface area contributed by atoms with E-state index in [-0.39, 0.29) is 27.7 Å². The van der Waals surface area contributed by atoms with Gasteiger partial charge in [0.05, 0.1) is 34.9 Å². The lowest BCUT2D eigenvalue weighted by molar-refractivity contribution is -0.146. The third-order valence-corrected chi connectivity index (χ3v) is 6.18. The number of aliphatic hydroxyl groups excluding tert-OH is 3. The van der Waals surface area contributed by atoms with Crippen LogP contribution >= 0.6 is 0 Å². The Balaban J connectivity index is 1.95. The molecule has 1 fully saturated rings. The van der Waals surface area contributed by atoms with Crippen molar-refractivity contribution in [2.45, 2.75) is 50.7 Å². The van der Waals surface area contributed by atoms with Gasteiger partial charge in [0.1, 0.15) is 0 Å². The summed E-state index contributed by atoms with van der Waals surface area (Å²) in [5.41, 5.74) is -0.517. The standard InChI is InChI=1S/C23H23F3N2O4/c1-12-14(20(31)19-16(29)8-5-9-17(19)30)10-11-15-18(12)21(32)28(13-6-3-2-4-7-13)22(27-15)23(24,25)26/h2-4,6-7,10-11,16-17,19-20,29-31H,5,8-9H2,1H3/t16-,17-,20+/m1/s1. The van der Waals surface area contributed by atoms with Crippen LogP contribution in [0.4, 0.5) is 13.2 Å². The largest absolute Gasteiger partial charge is 0.450 e. The number of nitrogens with zero attached hydrogens (tertiary/aromatic N) is 2. The Morgan fingerprint density at radius 3 is 2.28 bits per heavy atom. The summed E-state index contributed by atoms with van der Waals surface area (Å²) in [7, 11) is 0. The summed E-state index contributed by atoms with van der Waals surface area (Å²) in [5.74, 6) is -2.20. The van der Waals surface area contributed by atoms with Crippen LogP contribution in [0.5, 0.6) is 0 Å². The number of benzene rings is 2. The molecule has 0 amide bonds. The summed E-state index contributed by atoms with van der Waals surface area (Å²) >= 11 is 0. The molecule has 32 heavy (non-hydrogen) atoms. The number of rotatable bonds is 3. The Kier molecular flexibility index (Phi) is 5.83. The first-order chi connectivity index (χ1) is 15.1. The molecule has 6 nitrogen and oxygen atoms in total. The predicted octanol–water partition coefficient (Wildman–Crippen LogP) is 3.27. The minimum Gasteiger partial charge on any atom is -0.393 e. The molecule has 0 saturated heterocycles. The summed E-state index contributed by atoms with van der Waals surface area (Å²) in [6.07, 6.45) is -6.58. The Morgan fingerprint density at radius 2 is 1.69 bits per heavy atom. The van der Waals surface area contributed by atoms with Crippen LogP contribution in [0.15, 0.2) is 47.3 Å². The molecule has 0 bridgehead atoms. The first-order valence-electron chi connectivity index (χ1n) is 10.3. The van der Waals surface area contributed by atoms with Gasteiger partial charge in [0.2, 0.25) is 5.82 Å². The first-order valence-corrected chi connectivity index (χ1v) is 10.3. The third-order valence-electron chi connectivity index (χ3n) is 6.18. The minimum absolute atomic E-state index is 0.0164. The third kappa shape index (κ3) is 3.80. The van der Waals surface area contributed by atoms with E-state index in [9.17, 15) is 33.3 Å². The van der Waals surface area contributed by atoms with Crippen molar-refractivity contribution in [1.82, 2.24) is 9.55 Å². The number of aryl methyl sites for hydroxylation is 1. The van der Waals surface area contributed by atoms with Crippen molar-refractivity contribution in [3.05, 3.63) is 69.8 Å². The zero-order valence-electron chi connectivity index (χ0n) is 17.3. The highest BCUT2D eigenvalue weighted by atomic mass is 19.4. The number of alkyl halides is 3. The van der Waals surface area contributed by atoms with E-state index in [0.717, 1.165) is 0 Å². The molecule has 1 aromatic heterocycles. The van der Waals surface area contributed by atoms with Gasteiger partial charge >= 0.3 is 6.18 Å². The van der Waals surface area contributed by atoms with Gasteiger partial charge in [-0.2, -0.15) is 13.2 Å². The maximum Gasteiger partial charge on any atom is 0.450 e. The van der Waals surface area contributed by atoms with Crippen molar-refractivity contribution in [3.8, 4) is 5.69 Å². The minimum atomic E-state index is -4.87. The second-order valence-corrected chi connectivity index (χ2v) is 8.17. The van der Waals surface area contributed by atoms with Crippen LogP contribution in [-0.2, 0) is 6.18 Å². The highest BCUT2D eigenvalue weighted by Crippen LogP contribution is 2.38. The maximum absolute atomic E-state index is 13.8. The van der Waals surface area contributed by atoms with E-state index in [2.05, 4.69) is 4.98 Å². The highest BCUT2D eigenvalue weighted by molar-refractivity contribution is 5.83. The van der Waals surface area contributed by atoms with Gasteiger partial charge in [0.15, 0.2) is 0 Å². The second-order valence-electron chi connectivity index (χ2n) is 8.17. The van der Waals surface area contributed by atoms with Gasteiger partial charge in [-0.15, -0.1) is 0 Å². The molecule has 0 aliphatic heterocycles. The summed E-state index contributed by atoms with van der Waals surface area (Å²) in [6.45, 7) is 1.52. The topological polar surface area (TPSA) is 95.6 Å². The Labute approximate surface area is 181 Å². The van der Waals surface area contributed by atoms with Crippen molar-refractivity contribution in [1.29, 1.82) is 0 Å². The van der Waals surface area contributed by atoms with Crippen LogP contribution < -0.4 is 5.56 Å².